The van der Waals surface area contributed by atoms with Crippen molar-refractivity contribution in [3.63, 3.8) is 0 Å². The number of nitrogens with zero attached hydrogens (tertiary/aromatic N) is 1. The summed E-state index contributed by atoms with van der Waals surface area (Å²) in [5, 5.41) is 3.47. The number of amides is 1. The second kappa shape index (κ2) is 7.12. The SMILES string of the molecule is Cl.O=C(c1cc2c(s1)CCCC2)N1CCC2(CCNCC2)CC1. The maximum atomic E-state index is 12.8. The molecule has 2 aliphatic heterocycles. The summed E-state index contributed by atoms with van der Waals surface area (Å²) in [6, 6.07) is 2.19. The minimum absolute atomic E-state index is 0. The summed E-state index contributed by atoms with van der Waals surface area (Å²) in [4.78, 5) is 17.4. The highest BCUT2D eigenvalue weighted by molar-refractivity contribution is 7.14. The second-order valence-corrected chi connectivity index (χ2v) is 8.45. The first-order chi connectivity index (χ1) is 10.8. The van der Waals surface area contributed by atoms with E-state index in [4.69, 9.17) is 0 Å². The van der Waals surface area contributed by atoms with E-state index in [2.05, 4.69) is 16.3 Å². The smallest absolute Gasteiger partial charge is 0.263 e. The first-order valence-corrected chi connectivity index (χ1v) is 9.69. The molecule has 0 bridgehead atoms. The number of nitrogens with one attached hydrogen (secondary N) is 1. The number of hydrogen-bond donors (Lipinski definition) is 1. The van der Waals surface area contributed by atoms with Crippen molar-refractivity contribution in [2.45, 2.75) is 51.4 Å². The molecule has 2 saturated heterocycles. The van der Waals surface area contributed by atoms with Crippen molar-refractivity contribution in [1.29, 1.82) is 0 Å². The summed E-state index contributed by atoms with van der Waals surface area (Å²) >= 11 is 1.76. The first kappa shape index (κ1) is 17.2. The molecule has 1 aliphatic carbocycles. The van der Waals surface area contributed by atoms with Crippen LogP contribution in [0.5, 0.6) is 0 Å². The predicted molar refractivity (Wildman–Crippen MR) is 97.9 cm³/mol. The third-order valence-corrected chi connectivity index (χ3v) is 7.21. The molecule has 1 N–H and O–H groups in total. The van der Waals surface area contributed by atoms with Gasteiger partial charge in [-0.05, 0) is 81.5 Å². The van der Waals surface area contributed by atoms with Gasteiger partial charge in [-0.25, -0.2) is 0 Å². The molecule has 3 heterocycles. The van der Waals surface area contributed by atoms with Crippen molar-refractivity contribution < 1.29 is 4.79 Å². The Labute approximate surface area is 149 Å². The molecule has 0 unspecified atom stereocenters. The van der Waals surface area contributed by atoms with Crippen LogP contribution in [0.25, 0.3) is 0 Å². The summed E-state index contributed by atoms with van der Waals surface area (Å²) in [5.41, 5.74) is 1.97. The van der Waals surface area contributed by atoms with Crippen LogP contribution in [0.1, 0.15) is 58.6 Å². The third kappa shape index (κ3) is 3.45. The number of piperidine rings is 2. The minimum Gasteiger partial charge on any atom is -0.338 e. The number of hydrogen-bond acceptors (Lipinski definition) is 3. The third-order valence-electron chi connectivity index (χ3n) is 5.98. The molecule has 23 heavy (non-hydrogen) atoms. The Bertz CT molecular complexity index is 532. The number of likely N-dealkylation sites (tertiary alicyclic amines) is 1. The van der Waals surface area contributed by atoms with Crippen LogP contribution in [-0.4, -0.2) is 37.0 Å². The molecule has 0 atom stereocenters. The summed E-state index contributed by atoms with van der Waals surface area (Å²) < 4.78 is 0. The summed E-state index contributed by atoms with van der Waals surface area (Å²) in [6.45, 7) is 4.24. The molecule has 1 spiro atoms. The molecule has 0 radical (unpaired) electrons. The van der Waals surface area contributed by atoms with E-state index in [1.807, 2.05) is 0 Å². The van der Waals surface area contributed by atoms with E-state index in [1.165, 1.54) is 61.8 Å². The number of aryl methyl sites for hydroxylation is 2. The van der Waals surface area contributed by atoms with Gasteiger partial charge in [0.15, 0.2) is 0 Å². The number of thiophene rings is 1. The van der Waals surface area contributed by atoms with Crippen LogP contribution in [0.4, 0.5) is 0 Å². The Morgan fingerprint density at radius 2 is 1.78 bits per heavy atom. The lowest BCUT2D eigenvalue weighted by atomic mass is 9.71. The molecule has 3 aliphatic rings. The van der Waals surface area contributed by atoms with Gasteiger partial charge < -0.3 is 10.2 Å². The molecule has 128 valence electrons. The van der Waals surface area contributed by atoms with Crippen molar-refractivity contribution in [1.82, 2.24) is 10.2 Å². The molecule has 1 amide bonds. The highest BCUT2D eigenvalue weighted by Gasteiger charge is 2.37. The molecule has 1 aromatic heterocycles. The molecule has 3 nitrogen and oxygen atoms in total. The fraction of sp³-hybridized carbons (Fsp3) is 0.722. The number of halogens is 1. The van der Waals surface area contributed by atoms with Gasteiger partial charge in [-0.3, -0.25) is 4.79 Å². The molecular formula is C18H27ClN2OS. The summed E-state index contributed by atoms with van der Waals surface area (Å²) in [5.74, 6) is 0.295. The Morgan fingerprint density at radius 1 is 1.09 bits per heavy atom. The maximum absolute atomic E-state index is 12.8. The van der Waals surface area contributed by atoms with Crippen LogP contribution >= 0.6 is 23.7 Å². The van der Waals surface area contributed by atoms with E-state index < -0.39 is 0 Å². The molecule has 1 aromatic rings. The largest absolute Gasteiger partial charge is 0.338 e. The number of rotatable bonds is 1. The lowest BCUT2D eigenvalue weighted by Crippen LogP contribution is -2.47. The van der Waals surface area contributed by atoms with Gasteiger partial charge in [0.25, 0.3) is 5.91 Å². The van der Waals surface area contributed by atoms with E-state index in [1.54, 1.807) is 11.3 Å². The highest BCUT2D eigenvalue weighted by Crippen LogP contribution is 2.40. The molecule has 5 heteroatoms. The van der Waals surface area contributed by atoms with Gasteiger partial charge in [-0.15, -0.1) is 23.7 Å². The van der Waals surface area contributed by atoms with Crippen molar-refractivity contribution in [3.05, 3.63) is 21.4 Å². The minimum atomic E-state index is 0. The van der Waals surface area contributed by atoms with E-state index >= 15 is 0 Å². The van der Waals surface area contributed by atoms with Crippen molar-refractivity contribution in [2.75, 3.05) is 26.2 Å². The number of fused-ring (bicyclic) bond motifs is 1. The van der Waals surface area contributed by atoms with Crippen molar-refractivity contribution in [2.24, 2.45) is 5.41 Å². The zero-order valence-electron chi connectivity index (χ0n) is 13.7. The van der Waals surface area contributed by atoms with Crippen molar-refractivity contribution in [3.8, 4) is 0 Å². The van der Waals surface area contributed by atoms with Crippen molar-refractivity contribution >= 4 is 29.7 Å². The lowest BCUT2D eigenvalue weighted by Gasteiger charge is -2.44. The Hall–Kier alpha value is -0.580. The second-order valence-electron chi connectivity index (χ2n) is 7.31. The molecule has 0 aromatic carbocycles. The van der Waals surface area contributed by atoms with Crippen LogP contribution in [0, 0.1) is 5.41 Å². The topological polar surface area (TPSA) is 32.3 Å². The van der Waals surface area contributed by atoms with Gasteiger partial charge in [-0.1, -0.05) is 0 Å². The van der Waals surface area contributed by atoms with E-state index in [0.717, 1.165) is 31.1 Å². The zero-order valence-corrected chi connectivity index (χ0v) is 15.4. The Balaban J connectivity index is 0.00000156. The standard InChI is InChI=1S/C18H26N2OS.ClH/c21-17(16-13-14-3-1-2-4-15(14)22-16)20-11-7-18(8-12-20)5-9-19-10-6-18;/h13,19H,1-12H2;1H. The van der Waals surface area contributed by atoms with Gasteiger partial charge in [0.05, 0.1) is 4.88 Å². The van der Waals surface area contributed by atoms with Crippen LogP contribution in [0.2, 0.25) is 0 Å². The maximum Gasteiger partial charge on any atom is 0.263 e. The van der Waals surface area contributed by atoms with Crippen LogP contribution < -0.4 is 5.32 Å². The normalized spacial score (nSPS) is 23.2. The monoisotopic (exact) mass is 354 g/mol. The zero-order chi connectivity index (χ0) is 15.0. The van der Waals surface area contributed by atoms with E-state index in [0.29, 0.717) is 11.3 Å². The molecule has 0 saturated carbocycles. The summed E-state index contributed by atoms with van der Waals surface area (Å²) in [6.07, 6.45) is 9.93. The molecular weight excluding hydrogens is 328 g/mol. The predicted octanol–water partition coefficient (Wildman–Crippen LogP) is 3.65. The highest BCUT2D eigenvalue weighted by atomic mass is 35.5. The first-order valence-electron chi connectivity index (χ1n) is 8.87. The molecule has 2 fully saturated rings. The fourth-order valence-electron chi connectivity index (χ4n) is 4.39. The average Bonchev–Trinajstić information content (AvgIpc) is 3.00. The lowest BCUT2D eigenvalue weighted by molar-refractivity contribution is 0.0500. The average molecular weight is 355 g/mol. The van der Waals surface area contributed by atoms with Gasteiger partial charge in [0, 0.05) is 18.0 Å². The van der Waals surface area contributed by atoms with Crippen LogP contribution in [0.15, 0.2) is 6.07 Å². The van der Waals surface area contributed by atoms with Gasteiger partial charge in [0.1, 0.15) is 0 Å². The van der Waals surface area contributed by atoms with E-state index in [-0.39, 0.29) is 12.4 Å². The molecule has 4 rings (SSSR count). The fourth-order valence-corrected chi connectivity index (χ4v) is 5.61. The van der Waals surface area contributed by atoms with Gasteiger partial charge >= 0.3 is 0 Å². The number of carbonyl (C=O) groups excluding carboxylic acids is 1. The Kier molecular flexibility index (Phi) is 5.34. The summed E-state index contributed by atoms with van der Waals surface area (Å²) in [7, 11) is 0. The quantitative estimate of drug-likeness (QED) is 0.834. The van der Waals surface area contributed by atoms with Gasteiger partial charge in [-0.2, -0.15) is 0 Å². The van der Waals surface area contributed by atoms with Crippen LogP contribution in [0.3, 0.4) is 0 Å². The number of carbonyl (C=O) groups is 1. The Morgan fingerprint density at radius 3 is 2.48 bits per heavy atom. The van der Waals surface area contributed by atoms with Crippen LogP contribution in [-0.2, 0) is 12.8 Å². The van der Waals surface area contributed by atoms with Gasteiger partial charge in [0.2, 0.25) is 0 Å². The van der Waals surface area contributed by atoms with E-state index in [9.17, 15) is 4.79 Å².